The van der Waals surface area contributed by atoms with Crippen molar-refractivity contribution in [1.29, 1.82) is 0 Å². The Labute approximate surface area is 281 Å². The lowest BCUT2D eigenvalue weighted by atomic mass is 10.0. The van der Waals surface area contributed by atoms with Crippen molar-refractivity contribution in [1.82, 2.24) is 0 Å². The van der Waals surface area contributed by atoms with Crippen molar-refractivity contribution in [2.45, 2.75) is 64.6 Å². The molecular formula is C23H12F16N2O10S2. The van der Waals surface area contributed by atoms with Gasteiger partial charge in [0.1, 0.15) is 23.0 Å². The summed E-state index contributed by atoms with van der Waals surface area (Å²) in [7, 11) is -12.0. The van der Waals surface area contributed by atoms with Crippen LogP contribution >= 0.6 is 0 Å². The van der Waals surface area contributed by atoms with E-state index in [4.69, 9.17) is 0 Å². The lowest BCUT2D eigenvalue weighted by Crippen LogP contribution is -2.59. The summed E-state index contributed by atoms with van der Waals surface area (Å²) >= 11 is 0. The molecule has 0 atom stereocenters. The predicted octanol–water partition coefficient (Wildman–Crippen LogP) is 6.83. The van der Waals surface area contributed by atoms with Crippen LogP contribution in [0.25, 0.3) is 11.1 Å². The van der Waals surface area contributed by atoms with Gasteiger partial charge in [-0.3, -0.25) is 28.6 Å². The summed E-state index contributed by atoms with van der Waals surface area (Å²) in [6.07, 6.45) is -11.9. The fraction of sp³-hybridized carbons (Fsp3) is 0.478. The third-order valence-electron chi connectivity index (χ3n) is 7.04. The molecule has 2 aromatic carbocycles. The first kappa shape index (κ1) is 43.3. The lowest BCUT2D eigenvalue weighted by Gasteiger charge is -2.31. The summed E-state index contributed by atoms with van der Waals surface area (Å²) in [6, 6.07) is 0.147. The smallest absolute Gasteiger partial charge is 0.260 e. The first-order valence-electron chi connectivity index (χ1n) is 12.9. The second-order valence-electron chi connectivity index (χ2n) is 10.5. The average Bonchev–Trinajstić information content (AvgIpc) is 3.40. The van der Waals surface area contributed by atoms with E-state index in [-0.39, 0.29) is 24.3 Å². The van der Waals surface area contributed by atoms with Gasteiger partial charge in [0.05, 0.1) is 21.0 Å². The number of nitro benzene ring substituents is 2. The number of rotatable bonds is 16. The molecule has 0 fully saturated rings. The quantitative estimate of drug-likeness (QED) is 0.0644. The van der Waals surface area contributed by atoms with Crippen molar-refractivity contribution < 1.29 is 105 Å². The Balaban J connectivity index is 2.07. The van der Waals surface area contributed by atoms with Gasteiger partial charge in [-0.05, 0) is 29.7 Å². The van der Waals surface area contributed by atoms with E-state index in [9.17, 15) is 107 Å². The molecule has 1 aliphatic rings. The van der Waals surface area contributed by atoms with Crippen molar-refractivity contribution in [3.05, 3.63) is 55.6 Å². The minimum absolute atomic E-state index is 0.123. The molecule has 0 saturated carbocycles. The summed E-state index contributed by atoms with van der Waals surface area (Å²) in [6.45, 7) is -6.57. The SMILES string of the molecule is O=[N+]([O-])c1cc(S(=O)(=O)OCC(F)(F)C(F)(F)C(F)(F)C(F)F)cc2c1-c1c(cc(S(=O)(=O)OCC(F)(F)C(F)(F)C(F)(F)C(F)F)cc1[N+](=O)[O-])C2. The van der Waals surface area contributed by atoms with Gasteiger partial charge in [-0.25, -0.2) is 17.6 Å². The molecule has 0 radical (unpaired) electrons. The van der Waals surface area contributed by atoms with E-state index in [1.807, 2.05) is 0 Å². The van der Waals surface area contributed by atoms with Crippen molar-refractivity contribution in [2.75, 3.05) is 13.2 Å². The minimum Gasteiger partial charge on any atom is -0.260 e. The molecule has 0 spiro atoms. The van der Waals surface area contributed by atoms with Crippen LogP contribution in [0.2, 0.25) is 0 Å². The van der Waals surface area contributed by atoms with Crippen LogP contribution in [0.3, 0.4) is 0 Å². The first-order valence-corrected chi connectivity index (χ1v) is 15.7. The van der Waals surface area contributed by atoms with Crippen LogP contribution in [0.4, 0.5) is 81.6 Å². The molecular weight excluding hydrogens is 832 g/mol. The van der Waals surface area contributed by atoms with Crippen LogP contribution in [0.15, 0.2) is 34.1 Å². The number of hydrogen-bond donors (Lipinski definition) is 0. The van der Waals surface area contributed by atoms with Gasteiger partial charge in [0.25, 0.3) is 31.6 Å². The van der Waals surface area contributed by atoms with Gasteiger partial charge in [0, 0.05) is 12.1 Å². The van der Waals surface area contributed by atoms with Crippen molar-refractivity contribution >= 4 is 31.6 Å². The number of benzene rings is 2. The molecule has 0 aromatic heterocycles. The first-order chi connectivity index (χ1) is 23.6. The number of alkyl halides is 16. The Hall–Kier alpha value is -4.06. The molecule has 0 aliphatic heterocycles. The Bertz CT molecular complexity index is 1900. The summed E-state index contributed by atoms with van der Waals surface area (Å²) in [5, 5.41) is 23.7. The summed E-state index contributed by atoms with van der Waals surface area (Å²) < 4.78 is 269. The van der Waals surface area contributed by atoms with Gasteiger partial charge >= 0.3 is 48.4 Å². The van der Waals surface area contributed by atoms with E-state index < -0.39 is 142 Å². The lowest BCUT2D eigenvalue weighted by molar-refractivity contribution is -0.386. The van der Waals surface area contributed by atoms with Gasteiger partial charge < -0.3 is 0 Å². The summed E-state index contributed by atoms with van der Waals surface area (Å²) in [4.78, 5) is 17.3. The Morgan fingerprint density at radius 1 is 0.585 bits per heavy atom. The van der Waals surface area contributed by atoms with E-state index in [0.717, 1.165) is 0 Å². The monoisotopic (exact) mass is 844 g/mol. The van der Waals surface area contributed by atoms with Gasteiger partial charge in [-0.2, -0.15) is 69.5 Å². The molecule has 0 bridgehead atoms. The third-order valence-corrected chi connectivity index (χ3v) is 9.52. The Kier molecular flexibility index (Phi) is 10.9. The third kappa shape index (κ3) is 7.27. The van der Waals surface area contributed by atoms with Crippen molar-refractivity contribution in [3.63, 3.8) is 0 Å². The molecule has 0 heterocycles. The average molecular weight is 844 g/mol. The molecule has 2 aromatic rings. The maximum atomic E-state index is 13.9. The van der Waals surface area contributed by atoms with Crippen molar-refractivity contribution in [2.24, 2.45) is 0 Å². The number of hydrogen-bond acceptors (Lipinski definition) is 10. The molecule has 1 aliphatic carbocycles. The van der Waals surface area contributed by atoms with E-state index >= 15 is 0 Å². The van der Waals surface area contributed by atoms with E-state index in [1.165, 1.54) is 0 Å². The molecule has 0 unspecified atom stereocenters. The molecule has 0 saturated heterocycles. The maximum Gasteiger partial charge on any atom is 0.380 e. The minimum atomic E-state index is -6.97. The zero-order valence-corrected chi connectivity index (χ0v) is 26.1. The molecule has 12 nitrogen and oxygen atoms in total. The maximum absolute atomic E-state index is 13.9. The van der Waals surface area contributed by atoms with Gasteiger partial charge in [-0.15, -0.1) is 0 Å². The highest BCUT2D eigenvalue weighted by Gasteiger charge is 2.76. The van der Waals surface area contributed by atoms with Gasteiger partial charge in [-0.1, -0.05) is 0 Å². The van der Waals surface area contributed by atoms with E-state index in [1.54, 1.807) is 0 Å². The van der Waals surface area contributed by atoms with Gasteiger partial charge in [0.15, 0.2) is 0 Å². The highest BCUT2D eigenvalue weighted by molar-refractivity contribution is 7.87. The Morgan fingerprint density at radius 2 is 0.868 bits per heavy atom. The Morgan fingerprint density at radius 3 is 1.11 bits per heavy atom. The van der Waals surface area contributed by atoms with Crippen LogP contribution in [-0.4, -0.2) is 88.3 Å². The molecule has 0 amide bonds. The predicted molar refractivity (Wildman–Crippen MR) is 136 cm³/mol. The van der Waals surface area contributed by atoms with Crippen LogP contribution in [0.1, 0.15) is 11.1 Å². The highest BCUT2D eigenvalue weighted by atomic mass is 32.2. The second kappa shape index (κ2) is 13.4. The van der Waals surface area contributed by atoms with Crippen LogP contribution in [0.5, 0.6) is 0 Å². The standard InChI is InChI=1S/C23H12F16N2O10S2/c24-16(25)20(32,33)22(36,37)18(28,29)6-50-52(46,47)10-2-8-1-9-3-11(5-13(41(44)45)15(9)14(8)12(4-10)40(42)43)53(48,49)51-7-19(30,31)23(38,39)21(34,35)17(26)27/h2-5,16-17H,1,6-7H2. The van der Waals surface area contributed by atoms with E-state index in [2.05, 4.69) is 8.37 Å². The number of halogens is 16. The second-order valence-corrected chi connectivity index (χ2v) is 13.7. The summed E-state index contributed by atoms with van der Waals surface area (Å²) in [5.41, 5.74) is -6.62. The van der Waals surface area contributed by atoms with Crippen LogP contribution in [0, 0.1) is 20.2 Å². The number of nitrogens with zero attached hydrogens (tertiary/aromatic N) is 2. The highest BCUT2D eigenvalue weighted by Crippen LogP contribution is 2.52. The van der Waals surface area contributed by atoms with Gasteiger partial charge in [0.2, 0.25) is 0 Å². The molecule has 3 rings (SSSR count). The largest absolute Gasteiger partial charge is 0.380 e. The van der Waals surface area contributed by atoms with Crippen molar-refractivity contribution in [3.8, 4) is 11.1 Å². The summed E-state index contributed by atoms with van der Waals surface area (Å²) in [5.74, 6) is -40.2. The van der Waals surface area contributed by atoms with Crippen LogP contribution in [-0.2, 0) is 35.0 Å². The molecule has 30 heteroatoms. The normalized spacial score (nSPS) is 14.8. The number of fused-ring (bicyclic) bond motifs is 3. The molecule has 0 N–H and O–H groups in total. The molecule has 53 heavy (non-hydrogen) atoms. The fourth-order valence-electron chi connectivity index (χ4n) is 4.33. The fourth-order valence-corrected chi connectivity index (χ4v) is 6.30. The molecule has 298 valence electrons. The zero-order valence-electron chi connectivity index (χ0n) is 24.4. The van der Waals surface area contributed by atoms with E-state index in [0.29, 0.717) is 0 Å². The van der Waals surface area contributed by atoms with Crippen LogP contribution < -0.4 is 0 Å². The zero-order chi connectivity index (χ0) is 41.3. The number of nitro groups is 2. The topological polar surface area (TPSA) is 173 Å².